The number of unbranched alkanes of at least 4 members (excludes halogenated alkanes) is 3. The van der Waals surface area contributed by atoms with E-state index in [-0.39, 0.29) is 18.3 Å². The third-order valence-corrected chi connectivity index (χ3v) is 5.18. The third-order valence-electron chi connectivity index (χ3n) is 3.28. The van der Waals surface area contributed by atoms with Crippen molar-refractivity contribution in [3.63, 3.8) is 0 Å². The van der Waals surface area contributed by atoms with E-state index < -0.39 is 9.84 Å². The normalized spacial score (nSPS) is 13.4. The highest BCUT2D eigenvalue weighted by Crippen LogP contribution is 2.18. The van der Waals surface area contributed by atoms with Gasteiger partial charge in [0.2, 0.25) is 0 Å². The van der Waals surface area contributed by atoms with E-state index in [9.17, 15) is 13.5 Å². The van der Waals surface area contributed by atoms with Gasteiger partial charge in [-0.3, -0.25) is 0 Å². The number of aliphatic hydroxyl groups is 1. The minimum atomic E-state index is -3.27. The molecule has 1 aromatic rings. The highest BCUT2D eigenvalue weighted by molar-refractivity contribution is 7.91. The fourth-order valence-electron chi connectivity index (χ4n) is 2.12. The van der Waals surface area contributed by atoms with Crippen LogP contribution in [0.25, 0.3) is 0 Å². The van der Waals surface area contributed by atoms with Crippen LogP contribution in [0.15, 0.2) is 35.2 Å². The van der Waals surface area contributed by atoms with E-state index in [1.807, 2.05) is 0 Å². The number of hydrogen-bond acceptors (Lipinski definition) is 3. The zero-order valence-electron chi connectivity index (χ0n) is 11.6. The Labute approximate surface area is 116 Å². The van der Waals surface area contributed by atoms with E-state index in [2.05, 4.69) is 6.92 Å². The summed E-state index contributed by atoms with van der Waals surface area (Å²) < 4.78 is 24.4. The minimum absolute atomic E-state index is 0.0413. The molecule has 0 saturated heterocycles. The Kier molecular flexibility index (Phi) is 7.10. The lowest BCUT2D eigenvalue weighted by Crippen LogP contribution is -2.19. The summed E-state index contributed by atoms with van der Waals surface area (Å²) in [4.78, 5) is 0.349. The average Bonchev–Trinajstić information content (AvgIpc) is 2.43. The molecule has 0 spiro atoms. The molecule has 1 atom stereocenters. The van der Waals surface area contributed by atoms with E-state index in [1.54, 1.807) is 30.3 Å². The molecule has 0 aliphatic rings. The summed E-state index contributed by atoms with van der Waals surface area (Å²) in [6.07, 6.45) is 5.21. The molecule has 0 aliphatic heterocycles. The van der Waals surface area contributed by atoms with Crippen LogP contribution < -0.4 is 0 Å². The zero-order valence-corrected chi connectivity index (χ0v) is 12.4. The van der Waals surface area contributed by atoms with Gasteiger partial charge in [-0.2, -0.15) is 0 Å². The van der Waals surface area contributed by atoms with Crippen molar-refractivity contribution >= 4 is 9.84 Å². The predicted octanol–water partition coefficient (Wildman–Crippen LogP) is 3.04. The molecule has 1 aromatic carbocycles. The summed E-state index contributed by atoms with van der Waals surface area (Å²) >= 11 is 0. The molecule has 0 bridgehead atoms. The minimum Gasteiger partial charge on any atom is -0.396 e. The lowest BCUT2D eigenvalue weighted by molar-refractivity contribution is 0.228. The summed E-state index contributed by atoms with van der Waals surface area (Å²) in [5.74, 6) is -0.110. The standard InChI is InChI=1S/C15H24O3S/c1-2-3-4-6-9-14(12-16)13-19(17,18)15-10-7-5-8-11-15/h5,7-8,10-11,14,16H,2-4,6,9,12-13H2,1H3/t14-/m1/s1. The number of benzene rings is 1. The number of aliphatic hydroxyl groups excluding tert-OH is 1. The molecule has 0 aliphatic carbocycles. The van der Waals surface area contributed by atoms with E-state index >= 15 is 0 Å². The first kappa shape index (κ1) is 16.2. The van der Waals surface area contributed by atoms with Gasteiger partial charge in [-0.15, -0.1) is 0 Å². The number of rotatable bonds is 9. The van der Waals surface area contributed by atoms with Gasteiger partial charge in [-0.25, -0.2) is 8.42 Å². The van der Waals surface area contributed by atoms with Gasteiger partial charge in [0.1, 0.15) is 0 Å². The molecule has 0 saturated carbocycles. The van der Waals surface area contributed by atoms with Crippen LogP contribution in [0.1, 0.15) is 39.0 Å². The number of hydrogen-bond donors (Lipinski definition) is 1. The topological polar surface area (TPSA) is 54.4 Å². The third kappa shape index (κ3) is 5.74. The molecule has 0 aromatic heterocycles. The maximum Gasteiger partial charge on any atom is 0.178 e. The molecule has 0 radical (unpaired) electrons. The van der Waals surface area contributed by atoms with Gasteiger partial charge in [0.25, 0.3) is 0 Å². The molecule has 3 nitrogen and oxygen atoms in total. The van der Waals surface area contributed by atoms with Crippen LogP contribution in [0, 0.1) is 5.92 Å². The smallest absolute Gasteiger partial charge is 0.178 e. The highest BCUT2D eigenvalue weighted by Gasteiger charge is 2.20. The van der Waals surface area contributed by atoms with Crippen molar-refractivity contribution in [2.45, 2.75) is 43.9 Å². The fraction of sp³-hybridized carbons (Fsp3) is 0.600. The fourth-order valence-corrected chi connectivity index (χ4v) is 3.78. The molecule has 108 valence electrons. The highest BCUT2D eigenvalue weighted by atomic mass is 32.2. The second-order valence-corrected chi connectivity index (χ2v) is 7.03. The quantitative estimate of drug-likeness (QED) is 0.709. The van der Waals surface area contributed by atoms with Crippen LogP contribution in [0.3, 0.4) is 0 Å². The average molecular weight is 284 g/mol. The van der Waals surface area contributed by atoms with Gasteiger partial charge in [-0.05, 0) is 24.5 Å². The maximum atomic E-state index is 12.2. The van der Waals surface area contributed by atoms with Gasteiger partial charge in [-0.1, -0.05) is 50.8 Å². The van der Waals surface area contributed by atoms with Crippen molar-refractivity contribution in [2.75, 3.05) is 12.4 Å². The van der Waals surface area contributed by atoms with Crippen LogP contribution in [0.4, 0.5) is 0 Å². The Bertz CT molecular complexity index is 440. The second kappa shape index (κ2) is 8.33. The first-order valence-corrected chi connectivity index (χ1v) is 8.64. The van der Waals surface area contributed by atoms with Crippen molar-refractivity contribution in [3.05, 3.63) is 30.3 Å². The van der Waals surface area contributed by atoms with Crippen molar-refractivity contribution in [3.8, 4) is 0 Å². The molecule has 0 fully saturated rings. The molecular weight excluding hydrogens is 260 g/mol. The molecule has 1 rings (SSSR count). The largest absolute Gasteiger partial charge is 0.396 e. The van der Waals surface area contributed by atoms with Crippen LogP contribution in [-0.2, 0) is 9.84 Å². The van der Waals surface area contributed by atoms with Crippen molar-refractivity contribution in [1.29, 1.82) is 0 Å². The summed E-state index contributed by atoms with van der Waals surface area (Å²) in [6, 6.07) is 8.47. The van der Waals surface area contributed by atoms with Crippen molar-refractivity contribution in [2.24, 2.45) is 5.92 Å². The Morgan fingerprint density at radius 3 is 2.37 bits per heavy atom. The van der Waals surface area contributed by atoms with Gasteiger partial charge < -0.3 is 5.11 Å². The molecule has 1 N–H and O–H groups in total. The van der Waals surface area contributed by atoms with E-state index in [0.717, 1.165) is 25.7 Å². The summed E-state index contributed by atoms with van der Waals surface area (Å²) in [5.41, 5.74) is 0. The monoisotopic (exact) mass is 284 g/mol. The molecule has 19 heavy (non-hydrogen) atoms. The van der Waals surface area contributed by atoms with Crippen LogP contribution >= 0.6 is 0 Å². The van der Waals surface area contributed by atoms with Crippen molar-refractivity contribution < 1.29 is 13.5 Å². The number of sulfone groups is 1. The Hall–Kier alpha value is -0.870. The SMILES string of the molecule is CCCCCC[C@H](CO)CS(=O)(=O)c1ccccc1. The summed E-state index contributed by atoms with van der Waals surface area (Å²) in [7, 11) is -3.27. The second-order valence-electron chi connectivity index (χ2n) is 4.99. The van der Waals surface area contributed by atoms with Gasteiger partial charge in [0.05, 0.1) is 10.6 Å². The Morgan fingerprint density at radius 2 is 1.79 bits per heavy atom. The molecule has 0 heterocycles. The molecular formula is C15H24O3S. The van der Waals surface area contributed by atoms with Crippen LogP contribution in [0.5, 0.6) is 0 Å². The summed E-state index contributed by atoms with van der Waals surface area (Å²) in [5, 5.41) is 9.33. The lowest BCUT2D eigenvalue weighted by Gasteiger charge is -2.14. The Balaban J connectivity index is 2.55. The van der Waals surface area contributed by atoms with Gasteiger partial charge in [0, 0.05) is 6.61 Å². The van der Waals surface area contributed by atoms with E-state index in [4.69, 9.17) is 0 Å². The lowest BCUT2D eigenvalue weighted by atomic mass is 10.0. The first-order valence-electron chi connectivity index (χ1n) is 6.98. The zero-order chi connectivity index (χ0) is 14.1. The van der Waals surface area contributed by atoms with E-state index in [1.165, 1.54) is 6.42 Å². The van der Waals surface area contributed by atoms with Crippen LogP contribution in [-0.4, -0.2) is 25.9 Å². The van der Waals surface area contributed by atoms with Crippen molar-refractivity contribution in [1.82, 2.24) is 0 Å². The van der Waals surface area contributed by atoms with E-state index in [0.29, 0.717) is 4.90 Å². The van der Waals surface area contributed by atoms with Crippen LogP contribution in [0.2, 0.25) is 0 Å². The molecule has 4 heteroatoms. The maximum absolute atomic E-state index is 12.2. The molecule has 0 unspecified atom stereocenters. The molecule has 0 amide bonds. The first-order chi connectivity index (χ1) is 9.10. The predicted molar refractivity (Wildman–Crippen MR) is 77.8 cm³/mol. The summed E-state index contributed by atoms with van der Waals surface area (Å²) in [6.45, 7) is 2.08. The van der Waals surface area contributed by atoms with Gasteiger partial charge >= 0.3 is 0 Å². The van der Waals surface area contributed by atoms with Gasteiger partial charge in [0.15, 0.2) is 9.84 Å². The Morgan fingerprint density at radius 1 is 1.11 bits per heavy atom.